The number of benzene rings is 3. The maximum Gasteiger partial charge on any atom is 0.300 e. The normalized spacial score (nSPS) is 17.3. The molecule has 7 nitrogen and oxygen atoms in total. The molecule has 0 bridgehead atoms. The van der Waals surface area contributed by atoms with Crippen molar-refractivity contribution in [1.82, 2.24) is 0 Å². The van der Waals surface area contributed by atoms with Gasteiger partial charge in [-0.1, -0.05) is 18.2 Å². The molecule has 4 rings (SSSR count). The first-order valence-electron chi connectivity index (χ1n) is 9.93. The highest BCUT2D eigenvalue weighted by Gasteiger charge is 2.47. The van der Waals surface area contributed by atoms with Crippen LogP contribution >= 0.6 is 0 Å². The fraction of sp³-hybridized carbons (Fsp3) is 0.120. The molecule has 1 heterocycles. The molecule has 1 atom stereocenters. The first-order chi connectivity index (χ1) is 15.8. The summed E-state index contributed by atoms with van der Waals surface area (Å²) in [5.41, 5.74) is 0.649. The number of halogens is 1. The van der Waals surface area contributed by atoms with Crippen molar-refractivity contribution in [3.63, 3.8) is 0 Å². The lowest BCUT2D eigenvalue weighted by Gasteiger charge is -2.25. The number of ketones is 1. The summed E-state index contributed by atoms with van der Waals surface area (Å²) in [4.78, 5) is 27.3. The summed E-state index contributed by atoms with van der Waals surface area (Å²) in [6, 6.07) is 14.7. The van der Waals surface area contributed by atoms with E-state index >= 15 is 0 Å². The van der Waals surface area contributed by atoms with E-state index in [0.29, 0.717) is 17.1 Å². The van der Waals surface area contributed by atoms with Crippen LogP contribution in [0.5, 0.6) is 17.2 Å². The monoisotopic (exact) mass is 449 g/mol. The van der Waals surface area contributed by atoms with E-state index in [2.05, 4.69) is 0 Å². The number of carbonyl (C=O) groups excluding carboxylic acids is 2. The third-order valence-electron chi connectivity index (χ3n) is 5.40. The number of aliphatic hydroxyl groups is 1. The average Bonchev–Trinajstić information content (AvgIpc) is 3.09. The Morgan fingerprint density at radius 2 is 1.64 bits per heavy atom. The number of nitrogens with zero attached hydrogens (tertiary/aromatic N) is 1. The summed E-state index contributed by atoms with van der Waals surface area (Å²) in [7, 11) is 2.90. The van der Waals surface area contributed by atoms with Gasteiger partial charge in [0.15, 0.2) is 11.5 Å². The number of rotatable bonds is 5. The van der Waals surface area contributed by atoms with Crippen molar-refractivity contribution < 1.29 is 33.7 Å². The van der Waals surface area contributed by atoms with Gasteiger partial charge in [0, 0.05) is 11.3 Å². The van der Waals surface area contributed by atoms with Gasteiger partial charge >= 0.3 is 0 Å². The molecule has 1 aliphatic rings. The maximum absolute atomic E-state index is 14.0. The zero-order valence-electron chi connectivity index (χ0n) is 17.8. The molecular weight excluding hydrogens is 429 g/mol. The van der Waals surface area contributed by atoms with Crippen LogP contribution in [0.25, 0.3) is 5.76 Å². The second-order valence-corrected chi connectivity index (χ2v) is 7.31. The Bertz CT molecular complexity index is 1270. The minimum atomic E-state index is -1.06. The van der Waals surface area contributed by atoms with Crippen molar-refractivity contribution in [2.24, 2.45) is 0 Å². The van der Waals surface area contributed by atoms with Crippen LogP contribution in [0, 0.1) is 5.82 Å². The lowest BCUT2D eigenvalue weighted by Crippen LogP contribution is -2.29. The van der Waals surface area contributed by atoms with Crippen molar-refractivity contribution in [3.8, 4) is 17.2 Å². The maximum atomic E-state index is 14.0. The van der Waals surface area contributed by atoms with Gasteiger partial charge in [0.25, 0.3) is 11.7 Å². The summed E-state index contributed by atoms with van der Waals surface area (Å²) in [5.74, 6) is -2.12. The van der Waals surface area contributed by atoms with Crippen LogP contribution in [0.3, 0.4) is 0 Å². The molecule has 2 N–H and O–H groups in total. The Hall–Kier alpha value is -4.33. The molecule has 1 fully saturated rings. The highest BCUT2D eigenvalue weighted by Crippen LogP contribution is 2.43. The average molecular weight is 449 g/mol. The van der Waals surface area contributed by atoms with E-state index in [1.165, 1.54) is 68.8 Å². The van der Waals surface area contributed by atoms with E-state index in [9.17, 15) is 24.2 Å². The van der Waals surface area contributed by atoms with Gasteiger partial charge in [-0.25, -0.2) is 4.39 Å². The van der Waals surface area contributed by atoms with E-state index < -0.39 is 29.3 Å². The Morgan fingerprint density at radius 1 is 0.939 bits per heavy atom. The van der Waals surface area contributed by atoms with Crippen molar-refractivity contribution in [3.05, 3.63) is 89.2 Å². The molecule has 1 saturated heterocycles. The standard InChI is InChI=1S/C25H20FNO6/c1-32-19-11-8-15(12-20(19)33-2)23(29)21-22(14-6-9-18(28)10-7-14)27(25(31)24(21)30)17-5-3-4-16(26)13-17/h3-13,22,28-29H,1-2H3/b23-21+. The van der Waals surface area contributed by atoms with Crippen LogP contribution in [-0.2, 0) is 9.59 Å². The van der Waals surface area contributed by atoms with Gasteiger partial charge in [-0.05, 0) is 54.1 Å². The first kappa shape index (κ1) is 21.9. The largest absolute Gasteiger partial charge is 0.508 e. The molecule has 0 radical (unpaired) electrons. The fourth-order valence-corrected chi connectivity index (χ4v) is 3.84. The first-order valence-corrected chi connectivity index (χ1v) is 9.93. The highest BCUT2D eigenvalue weighted by molar-refractivity contribution is 6.51. The van der Waals surface area contributed by atoms with Crippen LogP contribution in [0.2, 0.25) is 0 Å². The van der Waals surface area contributed by atoms with E-state index in [-0.39, 0.29) is 22.6 Å². The topological polar surface area (TPSA) is 96.3 Å². The molecule has 0 aromatic heterocycles. The van der Waals surface area contributed by atoms with Crippen LogP contribution in [0.15, 0.2) is 72.3 Å². The van der Waals surface area contributed by atoms with Crippen molar-refractivity contribution in [2.45, 2.75) is 6.04 Å². The summed E-state index contributed by atoms with van der Waals surface area (Å²) < 4.78 is 24.4. The zero-order chi connectivity index (χ0) is 23.7. The Kier molecular flexibility index (Phi) is 5.74. The molecule has 0 aliphatic carbocycles. The molecule has 33 heavy (non-hydrogen) atoms. The van der Waals surface area contributed by atoms with Crippen LogP contribution in [0.1, 0.15) is 17.2 Å². The van der Waals surface area contributed by atoms with Gasteiger partial charge in [-0.3, -0.25) is 14.5 Å². The molecule has 0 spiro atoms. The predicted octanol–water partition coefficient (Wildman–Crippen LogP) is 4.17. The van der Waals surface area contributed by atoms with Gasteiger partial charge in [-0.2, -0.15) is 0 Å². The van der Waals surface area contributed by atoms with Crippen molar-refractivity contribution in [2.75, 3.05) is 19.1 Å². The quantitative estimate of drug-likeness (QED) is 0.345. The molecule has 1 aliphatic heterocycles. The highest BCUT2D eigenvalue weighted by atomic mass is 19.1. The molecule has 168 valence electrons. The number of ether oxygens (including phenoxy) is 2. The number of phenols is 1. The lowest BCUT2D eigenvalue weighted by atomic mass is 9.95. The summed E-state index contributed by atoms with van der Waals surface area (Å²) in [6.07, 6.45) is 0. The minimum Gasteiger partial charge on any atom is -0.508 e. The van der Waals surface area contributed by atoms with E-state index in [0.717, 1.165) is 11.0 Å². The van der Waals surface area contributed by atoms with Gasteiger partial charge in [0.1, 0.15) is 17.3 Å². The third-order valence-corrected chi connectivity index (χ3v) is 5.40. The van der Waals surface area contributed by atoms with Gasteiger partial charge < -0.3 is 19.7 Å². The number of anilines is 1. The molecule has 1 amide bonds. The molecule has 3 aromatic rings. The molecule has 0 saturated carbocycles. The number of Topliss-reactive ketones (excluding diaryl/α,β-unsaturated/α-hetero) is 1. The van der Waals surface area contributed by atoms with Crippen molar-refractivity contribution >= 4 is 23.1 Å². The minimum absolute atomic E-state index is 0.0126. The predicted molar refractivity (Wildman–Crippen MR) is 119 cm³/mol. The second-order valence-electron chi connectivity index (χ2n) is 7.31. The summed E-state index contributed by atoms with van der Waals surface area (Å²) in [6.45, 7) is 0. The fourth-order valence-electron chi connectivity index (χ4n) is 3.84. The molecule has 3 aromatic carbocycles. The summed E-state index contributed by atoms with van der Waals surface area (Å²) >= 11 is 0. The van der Waals surface area contributed by atoms with E-state index in [4.69, 9.17) is 9.47 Å². The number of hydrogen-bond acceptors (Lipinski definition) is 6. The van der Waals surface area contributed by atoms with Gasteiger partial charge in [0.05, 0.1) is 25.8 Å². The number of carbonyl (C=O) groups is 2. The van der Waals surface area contributed by atoms with E-state index in [1.54, 1.807) is 6.07 Å². The van der Waals surface area contributed by atoms with Crippen LogP contribution in [0.4, 0.5) is 10.1 Å². The zero-order valence-corrected chi connectivity index (χ0v) is 17.8. The lowest BCUT2D eigenvalue weighted by molar-refractivity contribution is -0.132. The number of phenolic OH excluding ortho intramolecular Hbond substituents is 1. The molecular formula is C25H20FNO6. The van der Waals surface area contributed by atoms with Crippen molar-refractivity contribution in [1.29, 1.82) is 0 Å². The number of aliphatic hydroxyl groups excluding tert-OH is 1. The number of hydrogen-bond donors (Lipinski definition) is 2. The Labute approximate surface area is 188 Å². The SMILES string of the molecule is COc1ccc(/C(O)=C2\C(=O)C(=O)N(c3cccc(F)c3)C2c2ccc(O)cc2)cc1OC. The Morgan fingerprint density at radius 3 is 2.27 bits per heavy atom. The third kappa shape index (κ3) is 3.87. The molecule has 8 heteroatoms. The summed E-state index contributed by atoms with van der Waals surface area (Å²) in [5, 5.41) is 20.9. The molecule has 1 unspecified atom stereocenters. The van der Waals surface area contributed by atoms with Crippen LogP contribution in [-0.4, -0.2) is 36.1 Å². The smallest absolute Gasteiger partial charge is 0.300 e. The van der Waals surface area contributed by atoms with Gasteiger partial charge in [0.2, 0.25) is 0 Å². The van der Waals surface area contributed by atoms with Crippen LogP contribution < -0.4 is 14.4 Å². The van der Waals surface area contributed by atoms with E-state index in [1.807, 2.05) is 0 Å². The number of aromatic hydroxyl groups is 1. The second kappa shape index (κ2) is 8.66. The number of methoxy groups -OCH3 is 2. The number of amides is 1. The Balaban J connectivity index is 1.94. The van der Waals surface area contributed by atoms with Gasteiger partial charge in [-0.15, -0.1) is 0 Å².